The molecular formula is C15H12F2N2O3S. The molecule has 1 aromatic heterocycles. The van der Waals surface area contributed by atoms with E-state index in [4.69, 9.17) is 0 Å². The maximum atomic E-state index is 13.7. The van der Waals surface area contributed by atoms with Crippen molar-refractivity contribution in [2.75, 3.05) is 0 Å². The number of amides is 1. The van der Waals surface area contributed by atoms with E-state index in [1.165, 1.54) is 30.5 Å². The molecule has 120 valence electrons. The molecule has 1 aromatic carbocycles. The number of hydrogen-bond acceptors (Lipinski definition) is 4. The van der Waals surface area contributed by atoms with E-state index in [9.17, 15) is 22.0 Å². The van der Waals surface area contributed by atoms with Gasteiger partial charge in [-0.05, 0) is 36.1 Å². The number of nitrogens with one attached hydrogen (secondary N) is 1. The minimum atomic E-state index is -4.02. The largest absolute Gasteiger partial charge is 0.274 e. The Labute approximate surface area is 131 Å². The van der Waals surface area contributed by atoms with Gasteiger partial charge in [-0.3, -0.25) is 9.78 Å². The summed E-state index contributed by atoms with van der Waals surface area (Å²) in [7, 11) is -4.02. The first-order valence-electron chi connectivity index (χ1n) is 6.81. The molecule has 2 atom stereocenters. The molecule has 1 N–H and O–H groups in total. The number of pyridine rings is 1. The molecule has 0 radical (unpaired) electrons. The van der Waals surface area contributed by atoms with E-state index in [1.807, 2.05) is 4.72 Å². The number of benzene rings is 1. The molecule has 1 saturated carbocycles. The third kappa shape index (κ3) is 3.07. The Morgan fingerprint density at radius 1 is 1.22 bits per heavy atom. The number of nitrogens with zero attached hydrogens (tertiary/aromatic N) is 1. The number of hydrogen-bond donors (Lipinski definition) is 1. The van der Waals surface area contributed by atoms with Crippen molar-refractivity contribution in [2.45, 2.75) is 17.2 Å². The second-order valence-corrected chi connectivity index (χ2v) is 6.93. The summed E-state index contributed by atoms with van der Waals surface area (Å²) in [4.78, 5) is 15.6. The van der Waals surface area contributed by atoms with Crippen LogP contribution >= 0.6 is 0 Å². The highest BCUT2D eigenvalue weighted by Crippen LogP contribution is 2.48. The fraction of sp³-hybridized carbons (Fsp3) is 0.200. The predicted octanol–water partition coefficient (Wildman–Crippen LogP) is 1.97. The van der Waals surface area contributed by atoms with Gasteiger partial charge in [0.05, 0.1) is 0 Å². The van der Waals surface area contributed by atoms with Crippen LogP contribution in [0.4, 0.5) is 8.78 Å². The van der Waals surface area contributed by atoms with Gasteiger partial charge >= 0.3 is 0 Å². The highest BCUT2D eigenvalue weighted by atomic mass is 32.2. The van der Waals surface area contributed by atoms with Gasteiger partial charge in [0.15, 0.2) is 11.6 Å². The summed E-state index contributed by atoms with van der Waals surface area (Å²) in [5, 5.41) is 0. The first kappa shape index (κ1) is 15.5. The van der Waals surface area contributed by atoms with Crippen molar-refractivity contribution in [1.82, 2.24) is 9.71 Å². The smallest absolute Gasteiger partial charge is 0.265 e. The zero-order chi connectivity index (χ0) is 16.6. The second kappa shape index (κ2) is 5.69. The molecule has 1 amide bonds. The Morgan fingerprint density at radius 3 is 2.70 bits per heavy atom. The van der Waals surface area contributed by atoms with Crippen LogP contribution in [0.5, 0.6) is 0 Å². The molecule has 5 nitrogen and oxygen atoms in total. The topological polar surface area (TPSA) is 76.1 Å². The minimum absolute atomic E-state index is 0.0870. The lowest BCUT2D eigenvalue weighted by atomic mass is 10.1. The molecule has 1 fully saturated rings. The van der Waals surface area contributed by atoms with Gasteiger partial charge in [0.2, 0.25) is 5.91 Å². The molecule has 0 bridgehead atoms. The molecule has 1 heterocycles. The maximum Gasteiger partial charge on any atom is 0.265 e. The molecule has 0 unspecified atom stereocenters. The van der Waals surface area contributed by atoms with Crippen molar-refractivity contribution in [1.29, 1.82) is 0 Å². The normalized spacial score (nSPS) is 20.1. The lowest BCUT2D eigenvalue weighted by Gasteiger charge is -2.07. The van der Waals surface area contributed by atoms with Gasteiger partial charge in [0.25, 0.3) is 10.0 Å². The number of carbonyl (C=O) groups excluding carboxylic acids is 1. The van der Waals surface area contributed by atoms with Crippen molar-refractivity contribution in [3.63, 3.8) is 0 Å². The van der Waals surface area contributed by atoms with Crippen LogP contribution < -0.4 is 4.72 Å². The third-order valence-electron chi connectivity index (χ3n) is 3.69. The Hall–Kier alpha value is -2.35. The van der Waals surface area contributed by atoms with Crippen LogP contribution in [0.1, 0.15) is 17.9 Å². The van der Waals surface area contributed by atoms with Crippen LogP contribution in [-0.2, 0) is 14.8 Å². The summed E-state index contributed by atoms with van der Waals surface area (Å²) in [5.41, 5.74) is 0.0870. The van der Waals surface area contributed by atoms with Crippen molar-refractivity contribution in [2.24, 2.45) is 5.92 Å². The molecule has 23 heavy (non-hydrogen) atoms. The van der Waals surface area contributed by atoms with Crippen molar-refractivity contribution < 1.29 is 22.0 Å². The maximum absolute atomic E-state index is 13.7. The van der Waals surface area contributed by atoms with Crippen LogP contribution in [0.25, 0.3) is 0 Å². The van der Waals surface area contributed by atoms with Gasteiger partial charge in [-0.1, -0.05) is 12.1 Å². The minimum Gasteiger partial charge on any atom is -0.274 e. The summed E-state index contributed by atoms with van der Waals surface area (Å²) < 4.78 is 52.9. The van der Waals surface area contributed by atoms with E-state index in [2.05, 4.69) is 4.98 Å². The van der Waals surface area contributed by atoms with Crippen LogP contribution in [0, 0.1) is 17.6 Å². The SMILES string of the molecule is O=C(NS(=O)(=O)c1cccnc1)[C@@H]1C[C@@H]1c1cccc(F)c1F. The quantitative estimate of drug-likeness (QED) is 0.925. The van der Waals surface area contributed by atoms with Crippen molar-refractivity contribution in [3.05, 3.63) is 59.9 Å². The van der Waals surface area contributed by atoms with Gasteiger partial charge in [-0.25, -0.2) is 21.9 Å². The number of sulfonamides is 1. The molecule has 0 spiro atoms. The van der Waals surface area contributed by atoms with Gasteiger partial charge in [-0.2, -0.15) is 0 Å². The zero-order valence-corrected chi connectivity index (χ0v) is 12.6. The molecule has 0 aliphatic heterocycles. The van der Waals surface area contributed by atoms with E-state index in [-0.39, 0.29) is 16.9 Å². The monoisotopic (exact) mass is 338 g/mol. The number of rotatable bonds is 4. The molecule has 2 aromatic rings. The van der Waals surface area contributed by atoms with E-state index in [0.29, 0.717) is 0 Å². The molecule has 1 aliphatic rings. The molecule has 3 rings (SSSR count). The Kier molecular flexibility index (Phi) is 3.85. The Balaban J connectivity index is 1.73. The first-order chi connectivity index (χ1) is 10.9. The summed E-state index contributed by atoms with van der Waals surface area (Å²) in [5.74, 6) is -3.94. The fourth-order valence-electron chi connectivity index (χ4n) is 2.41. The first-order valence-corrected chi connectivity index (χ1v) is 8.29. The summed E-state index contributed by atoms with van der Waals surface area (Å²) in [6.45, 7) is 0. The molecular weight excluding hydrogens is 326 g/mol. The number of carbonyl (C=O) groups is 1. The standard InChI is InChI=1S/C15H12F2N2O3S/c16-13-5-1-4-10(14(13)17)11-7-12(11)15(20)19-23(21,22)9-3-2-6-18-8-9/h1-6,8,11-12H,7H2,(H,19,20)/t11-,12-/m1/s1. The van der Waals surface area contributed by atoms with Crippen LogP contribution in [0.2, 0.25) is 0 Å². The fourth-order valence-corrected chi connectivity index (χ4v) is 3.40. The van der Waals surface area contributed by atoms with Gasteiger partial charge in [-0.15, -0.1) is 0 Å². The highest BCUT2D eigenvalue weighted by molar-refractivity contribution is 7.90. The Bertz CT molecular complexity index is 856. The Morgan fingerprint density at radius 2 is 2.00 bits per heavy atom. The predicted molar refractivity (Wildman–Crippen MR) is 76.8 cm³/mol. The van der Waals surface area contributed by atoms with E-state index >= 15 is 0 Å². The molecule has 1 aliphatic carbocycles. The van der Waals surface area contributed by atoms with Crippen molar-refractivity contribution >= 4 is 15.9 Å². The van der Waals surface area contributed by atoms with Crippen LogP contribution in [-0.4, -0.2) is 19.3 Å². The number of aromatic nitrogens is 1. The average molecular weight is 338 g/mol. The van der Waals surface area contributed by atoms with Gasteiger partial charge in [0.1, 0.15) is 4.90 Å². The lowest BCUT2D eigenvalue weighted by molar-refractivity contribution is -0.120. The summed E-state index contributed by atoms with van der Waals surface area (Å²) in [6.07, 6.45) is 2.80. The van der Waals surface area contributed by atoms with Gasteiger partial charge in [0, 0.05) is 18.3 Å². The summed E-state index contributed by atoms with van der Waals surface area (Å²) in [6, 6.07) is 6.48. The highest BCUT2D eigenvalue weighted by Gasteiger charge is 2.46. The van der Waals surface area contributed by atoms with E-state index in [1.54, 1.807) is 0 Å². The van der Waals surface area contributed by atoms with Crippen molar-refractivity contribution in [3.8, 4) is 0 Å². The van der Waals surface area contributed by atoms with Crippen LogP contribution in [0.15, 0.2) is 47.6 Å². The zero-order valence-electron chi connectivity index (χ0n) is 11.7. The molecule has 0 saturated heterocycles. The van der Waals surface area contributed by atoms with E-state index in [0.717, 1.165) is 12.3 Å². The average Bonchev–Trinajstić information content (AvgIpc) is 3.31. The van der Waals surface area contributed by atoms with Crippen LogP contribution in [0.3, 0.4) is 0 Å². The molecule has 8 heteroatoms. The van der Waals surface area contributed by atoms with Gasteiger partial charge < -0.3 is 0 Å². The lowest BCUT2D eigenvalue weighted by Crippen LogP contribution is -2.32. The summed E-state index contributed by atoms with van der Waals surface area (Å²) >= 11 is 0. The van der Waals surface area contributed by atoms with E-state index < -0.39 is 39.4 Å². The second-order valence-electron chi connectivity index (χ2n) is 5.25. The number of halogens is 2. The third-order valence-corrected chi connectivity index (χ3v) is 5.02.